The van der Waals surface area contributed by atoms with Gasteiger partial charge >= 0.3 is 0 Å². The van der Waals surface area contributed by atoms with E-state index in [2.05, 4.69) is 0 Å². The highest BCUT2D eigenvalue weighted by molar-refractivity contribution is 7.95. The largest absolute Gasteiger partial charge is 0.302 e. The molecule has 0 aliphatic heterocycles. The molecule has 0 amide bonds. The van der Waals surface area contributed by atoms with E-state index in [0.717, 1.165) is 11.0 Å². The quantitative estimate of drug-likeness (QED) is 0.703. The second-order valence-corrected chi connectivity index (χ2v) is 4.64. The van der Waals surface area contributed by atoms with Crippen molar-refractivity contribution in [1.29, 1.82) is 0 Å². The van der Waals surface area contributed by atoms with E-state index in [1.165, 1.54) is 6.08 Å². The van der Waals surface area contributed by atoms with Crippen molar-refractivity contribution in [3.8, 4) is 0 Å². The van der Waals surface area contributed by atoms with Gasteiger partial charge in [-0.15, -0.1) is 0 Å². The lowest BCUT2D eigenvalue weighted by molar-refractivity contribution is -0.105. The van der Waals surface area contributed by atoms with E-state index >= 15 is 0 Å². The van der Waals surface area contributed by atoms with Crippen LogP contribution in [0.15, 0.2) is 35.7 Å². The third-order valence-corrected chi connectivity index (χ3v) is 2.72. The number of carbonyl (C=O) groups is 1. The van der Waals surface area contributed by atoms with Gasteiger partial charge < -0.3 is 4.79 Å². The van der Waals surface area contributed by atoms with Gasteiger partial charge in [-0.05, 0) is 11.6 Å². The third-order valence-electron chi connectivity index (χ3n) is 1.57. The van der Waals surface area contributed by atoms with Crippen molar-refractivity contribution < 1.29 is 13.2 Å². The molecule has 0 fully saturated rings. The summed E-state index contributed by atoms with van der Waals surface area (Å²) >= 11 is 0. The Morgan fingerprint density at radius 2 is 1.79 bits per heavy atom. The van der Waals surface area contributed by atoms with E-state index in [1.54, 1.807) is 12.1 Å². The van der Waals surface area contributed by atoms with E-state index in [-0.39, 0.29) is 0 Å². The van der Waals surface area contributed by atoms with Gasteiger partial charge in [-0.25, -0.2) is 8.42 Å². The van der Waals surface area contributed by atoms with Crippen LogP contribution in [-0.4, -0.2) is 20.5 Å². The second kappa shape index (κ2) is 4.72. The maximum absolute atomic E-state index is 11.1. The van der Waals surface area contributed by atoms with Gasteiger partial charge in [-0.2, -0.15) is 0 Å². The smallest absolute Gasteiger partial charge is 0.178 e. The van der Waals surface area contributed by atoms with Crippen molar-refractivity contribution in [3.05, 3.63) is 41.3 Å². The molecule has 0 saturated heterocycles. The summed E-state index contributed by atoms with van der Waals surface area (Å²) in [6.45, 7) is 0. The van der Waals surface area contributed by atoms with Crippen molar-refractivity contribution in [2.24, 2.45) is 0 Å². The highest BCUT2D eigenvalue weighted by atomic mass is 32.2. The Kier molecular flexibility index (Phi) is 3.59. The highest BCUT2D eigenvalue weighted by Gasteiger charge is 2.02. The molecule has 0 aliphatic carbocycles. The Hall–Kier alpha value is -1.42. The average molecular weight is 210 g/mol. The topological polar surface area (TPSA) is 51.2 Å². The zero-order chi connectivity index (χ0) is 10.4. The van der Waals surface area contributed by atoms with Gasteiger partial charge in [0.15, 0.2) is 9.84 Å². The van der Waals surface area contributed by atoms with Gasteiger partial charge in [-0.1, -0.05) is 30.3 Å². The van der Waals surface area contributed by atoms with Gasteiger partial charge in [0.1, 0.15) is 12.0 Å². The summed E-state index contributed by atoms with van der Waals surface area (Å²) in [5.74, 6) is -0.462. The van der Waals surface area contributed by atoms with E-state index in [4.69, 9.17) is 0 Å². The minimum atomic E-state index is -3.38. The molecular weight excluding hydrogens is 200 g/mol. The molecule has 0 saturated carbocycles. The lowest BCUT2D eigenvalue weighted by atomic mass is 10.2. The monoisotopic (exact) mass is 210 g/mol. The Morgan fingerprint density at radius 1 is 1.14 bits per heavy atom. The van der Waals surface area contributed by atoms with Crippen molar-refractivity contribution in [2.75, 3.05) is 5.75 Å². The number of hydrogen-bond donors (Lipinski definition) is 0. The fraction of sp³-hybridized carbons (Fsp3) is 0.100. The zero-order valence-corrected chi connectivity index (χ0v) is 8.28. The van der Waals surface area contributed by atoms with Crippen molar-refractivity contribution in [3.63, 3.8) is 0 Å². The Balaban J connectivity index is 2.79. The molecule has 0 heterocycles. The molecule has 0 unspecified atom stereocenters. The molecule has 4 heteroatoms. The maximum atomic E-state index is 11.1. The Morgan fingerprint density at radius 3 is 2.36 bits per heavy atom. The van der Waals surface area contributed by atoms with Gasteiger partial charge in [0, 0.05) is 5.41 Å². The SMILES string of the molecule is O=CCS(=O)(=O)C=Cc1ccccc1. The van der Waals surface area contributed by atoms with Gasteiger partial charge in [0.2, 0.25) is 0 Å². The molecule has 1 rings (SSSR count). The maximum Gasteiger partial charge on any atom is 0.178 e. The van der Waals surface area contributed by atoms with Gasteiger partial charge in [-0.3, -0.25) is 0 Å². The molecule has 0 bridgehead atoms. The van der Waals surface area contributed by atoms with E-state index in [0.29, 0.717) is 6.29 Å². The minimum Gasteiger partial charge on any atom is -0.302 e. The fourth-order valence-electron chi connectivity index (χ4n) is 0.897. The second-order valence-electron chi connectivity index (χ2n) is 2.71. The van der Waals surface area contributed by atoms with E-state index in [1.807, 2.05) is 18.2 Å². The predicted octanol–water partition coefficient (Wildman–Crippen LogP) is 1.27. The molecule has 14 heavy (non-hydrogen) atoms. The molecular formula is C10H10O3S. The predicted molar refractivity (Wildman–Crippen MR) is 55.3 cm³/mol. The first-order chi connectivity index (χ1) is 6.64. The van der Waals surface area contributed by atoms with Crippen molar-refractivity contribution in [1.82, 2.24) is 0 Å². The lowest BCUT2D eigenvalue weighted by Crippen LogP contribution is -2.02. The summed E-state index contributed by atoms with van der Waals surface area (Å²) in [6, 6.07) is 9.04. The fourth-order valence-corrected chi connectivity index (χ4v) is 1.56. The number of hydrogen-bond acceptors (Lipinski definition) is 3. The number of rotatable bonds is 4. The van der Waals surface area contributed by atoms with Crippen LogP contribution < -0.4 is 0 Å². The van der Waals surface area contributed by atoms with E-state index < -0.39 is 15.6 Å². The number of sulfone groups is 1. The van der Waals surface area contributed by atoms with Crippen LogP contribution in [0.5, 0.6) is 0 Å². The molecule has 74 valence electrons. The lowest BCUT2D eigenvalue weighted by Gasteiger charge is -1.92. The first-order valence-electron chi connectivity index (χ1n) is 4.03. The molecule has 0 atom stereocenters. The first-order valence-corrected chi connectivity index (χ1v) is 5.75. The van der Waals surface area contributed by atoms with Crippen molar-refractivity contribution >= 4 is 22.2 Å². The van der Waals surface area contributed by atoms with Crippen LogP contribution in [0.3, 0.4) is 0 Å². The summed E-state index contributed by atoms with van der Waals surface area (Å²) < 4.78 is 22.2. The van der Waals surface area contributed by atoms with E-state index in [9.17, 15) is 13.2 Å². The van der Waals surface area contributed by atoms with Gasteiger partial charge in [0.25, 0.3) is 0 Å². The zero-order valence-electron chi connectivity index (χ0n) is 7.46. The molecule has 0 aliphatic rings. The van der Waals surface area contributed by atoms with Gasteiger partial charge in [0.05, 0.1) is 0 Å². The van der Waals surface area contributed by atoms with Crippen LogP contribution in [0.4, 0.5) is 0 Å². The third kappa shape index (κ3) is 3.53. The van der Waals surface area contributed by atoms with Crippen LogP contribution >= 0.6 is 0 Å². The minimum absolute atomic E-state index is 0.380. The molecule has 1 aromatic carbocycles. The molecule has 0 radical (unpaired) electrons. The van der Waals surface area contributed by atoms with Crippen LogP contribution in [-0.2, 0) is 14.6 Å². The average Bonchev–Trinajstić information content (AvgIpc) is 2.17. The van der Waals surface area contributed by atoms with Crippen LogP contribution in [0.1, 0.15) is 5.56 Å². The van der Waals surface area contributed by atoms with Crippen LogP contribution in [0.2, 0.25) is 0 Å². The van der Waals surface area contributed by atoms with Crippen LogP contribution in [0, 0.1) is 0 Å². The summed E-state index contributed by atoms with van der Waals surface area (Å²) in [4.78, 5) is 10.0. The normalized spacial score (nSPS) is 11.7. The molecule has 3 nitrogen and oxygen atoms in total. The highest BCUT2D eigenvalue weighted by Crippen LogP contribution is 2.03. The summed E-state index contributed by atoms with van der Waals surface area (Å²) in [5, 5.41) is 1.05. The summed E-state index contributed by atoms with van der Waals surface area (Å²) in [5.41, 5.74) is 0.793. The summed E-state index contributed by atoms with van der Waals surface area (Å²) in [7, 11) is -3.38. The summed E-state index contributed by atoms with van der Waals surface area (Å²) in [6.07, 6.45) is 1.85. The number of aldehydes is 1. The first kappa shape index (κ1) is 10.7. The van der Waals surface area contributed by atoms with Crippen LogP contribution in [0.25, 0.3) is 6.08 Å². The number of benzene rings is 1. The molecule has 0 N–H and O–H groups in total. The standard InChI is InChI=1S/C10H10O3S/c11-7-9-14(12,13)8-6-10-4-2-1-3-5-10/h1-8H,9H2. The van der Waals surface area contributed by atoms with Crippen molar-refractivity contribution in [2.45, 2.75) is 0 Å². The number of carbonyl (C=O) groups excluding carboxylic acids is 1. The molecule has 0 aromatic heterocycles. The molecule has 0 spiro atoms. The Bertz CT molecular complexity index is 418. The molecule has 1 aromatic rings. The Labute approximate surface area is 83.0 Å².